The molecule has 1 spiro atoms. The number of aliphatic hydroxyl groups excluding tert-OH is 1. The van der Waals surface area contributed by atoms with Crippen LogP contribution in [-0.2, 0) is 16.6 Å². The largest absolute Gasteiger partial charge is 0.482 e. The number of hydrogen-bond acceptors (Lipinski definition) is 6. The highest BCUT2D eigenvalue weighted by atomic mass is 16.6. The van der Waals surface area contributed by atoms with Gasteiger partial charge in [-0.05, 0) is 62.9 Å². The van der Waals surface area contributed by atoms with Gasteiger partial charge in [0.25, 0.3) is 0 Å². The van der Waals surface area contributed by atoms with Gasteiger partial charge in [-0.2, -0.15) is 0 Å². The van der Waals surface area contributed by atoms with Crippen LogP contribution in [0.3, 0.4) is 0 Å². The van der Waals surface area contributed by atoms with Crippen molar-refractivity contribution in [1.82, 2.24) is 4.90 Å². The number of benzene rings is 1. The van der Waals surface area contributed by atoms with Crippen molar-refractivity contribution in [2.45, 2.75) is 75.0 Å². The molecule has 6 nitrogen and oxygen atoms in total. The van der Waals surface area contributed by atoms with Gasteiger partial charge >= 0.3 is 5.97 Å². The van der Waals surface area contributed by atoms with Gasteiger partial charge in [-0.3, -0.25) is 4.79 Å². The Balaban J connectivity index is 1.35. The normalized spacial score (nSPS) is 36.3. The molecular formula is C26H34N2O4. The van der Waals surface area contributed by atoms with E-state index in [0.29, 0.717) is 36.4 Å². The van der Waals surface area contributed by atoms with Crippen molar-refractivity contribution in [3.05, 3.63) is 35.4 Å². The van der Waals surface area contributed by atoms with E-state index in [-0.39, 0.29) is 22.9 Å². The van der Waals surface area contributed by atoms with Crippen LogP contribution in [0, 0.1) is 11.3 Å². The first-order valence-corrected chi connectivity index (χ1v) is 12.3. The fraction of sp³-hybridized carbons (Fsp3) is 0.654. The zero-order valence-corrected chi connectivity index (χ0v) is 18.9. The summed E-state index contributed by atoms with van der Waals surface area (Å²) in [5.41, 5.74) is 8.17. The van der Waals surface area contributed by atoms with Gasteiger partial charge in [0.05, 0.1) is 6.42 Å². The number of aliphatic hydroxyl groups is 1. The van der Waals surface area contributed by atoms with E-state index in [9.17, 15) is 9.90 Å². The van der Waals surface area contributed by atoms with E-state index < -0.39 is 6.10 Å². The topological polar surface area (TPSA) is 85.0 Å². The van der Waals surface area contributed by atoms with Crippen molar-refractivity contribution in [3.8, 4) is 11.5 Å². The fourth-order valence-electron chi connectivity index (χ4n) is 7.53. The molecule has 5 aliphatic rings. The first-order chi connectivity index (χ1) is 15.5. The van der Waals surface area contributed by atoms with Crippen molar-refractivity contribution in [3.63, 3.8) is 0 Å². The maximum Gasteiger partial charge on any atom is 0.311 e. The molecule has 0 amide bonds. The summed E-state index contributed by atoms with van der Waals surface area (Å²) in [6, 6.07) is 4.41. The maximum atomic E-state index is 13.0. The smallest absolute Gasteiger partial charge is 0.311 e. The Morgan fingerprint density at radius 1 is 1.25 bits per heavy atom. The monoisotopic (exact) mass is 438 g/mol. The number of ether oxygens (including phenoxy) is 2. The average molecular weight is 439 g/mol. The van der Waals surface area contributed by atoms with E-state index in [1.54, 1.807) is 0 Å². The minimum Gasteiger partial charge on any atom is -0.482 e. The Labute approximate surface area is 189 Å². The molecule has 172 valence electrons. The molecule has 0 radical (unpaired) electrons. The highest BCUT2D eigenvalue weighted by Crippen LogP contribution is 2.62. The molecule has 1 aromatic rings. The van der Waals surface area contributed by atoms with E-state index in [1.165, 1.54) is 17.5 Å². The lowest BCUT2D eigenvalue weighted by molar-refractivity contribution is -0.137. The minimum atomic E-state index is -0.653. The van der Waals surface area contributed by atoms with Gasteiger partial charge in [0, 0.05) is 22.9 Å². The van der Waals surface area contributed by atoms with E-state index in [2.05, 4.69) is 24.1 Å². The van der Waals surface area contributed by atoms with Crippen LogP contribution in [-0.4, -0.2) is 54.4 Å². The molecule has 2 bridgehead atoms. The highest BCUT2D eigenvalue weighted by molar-refractivity contribution is 5.75. The third-order valence-corrected chi connectivity index (χ3v) is 9.22. The molecule has 6 rings (SSSR count). The third-order valence-electron chi connectivity index (χ3n) is 9.22. The van der Waals surface area contributed by atoms with Crippen molar-refractivity contribution >= 4 is 5.97 Å². The van der Waals surface area contributed by atoms with Crippen LogP contribution in [0.1, 0.15) is 56.1 Å². The predicted molar refractivity (Wildman–Crippen MR) is 121 cm³/mol. The van der Waals surface area contributed by atoms with E-state index in [0.717, 1.165) is 45.1 Å². The zero-order chi connectivity index (χ0) is 22.1. The van der Waals surface area contributed by atoms with Crippen LogP contribution < -0.4 is 15.2 Å². The van der Waals surface area contributed by atoms with E-state index in [4.69, 9.17) is 15.2 Å². The second-order valence-corrected chi connectivity index (χ2v) is 10.8. The summed E-state index contributed by atoms with van der Waals surface area (Å²) < 4.78 is 12.4. The Hall–Kier alpha value is -1.89. The maximum absolute atomic E-state index is 13.0. The van der Waals surface area contributed by atoms with E-state index in [1.807, 2.05) is 12.1 Å². The summed E-state index contributed by atoms with van der Waals surface area (Å²) in [5, 5.41) is 10.9. The lowest BCUT2D eigenvalue weighted by Gasteiger charge is -2.56. The number of hydrogen-bond donors (Lipinski definition) is 2. The quantitative estimate of drug-likeness (QED) is 0.427. The van der Waals surface area contributed by atoms with Gasteiger partial charge in [-0.15, -0.1) is 0 Å². The van der Waals surface area contributed by atoms with Crippen LogP contribution >= 0.6 is 0 Å². The Kier molecular flexibility index (Phi) is 4.73. The molecule has 2 fully saturated rings. The van der Waals surface area contributed by atoms with Crippen LogP contribution in [0.5, 0.6) is 11.5 Å². The number of rotatable bonds is 4. The van der Waals surface area contributed by atoms with Crippen molar-refractivity contribution in [2.75, 3.05) is 20.1 Å². The van der Waals surface area contributed by atoms with Crippen LogP contribution in [0.15, 0.2) is 24.3 Å². The number of carbonyl (C=O) groups excluding carboxylic acids is 1. The summed E-state index contributed by atoms with van der Waals surface area (Å²) in [5.74, 6) is 1.26. The lowest BCUT2D eigenvalue weighted by Crippen LogP contribution is -2.64. The number of carbonyl (C=O) groups is 1. The molecule has 0 aromatic heterocycles. The molecule has 2 aliphatic heterocycles. The molecule has 3 N–H and O–H groups in total. The summed E-state index contributed by atoms with van der Waals surface area (Å²) in [4.78, 5) is 15.5. The fourth-order valence-corrected chi connectivity index (χ4v) is 7.53. The third kappa shape index (κ3) is 2.79. The van der Waals surface area contributed by atoms with Gasteiger partial charge in [0.15, 0.2) is 11.5 Å². The molecule has 1 saturated heterocycles. The molecular weight excluding hydrogens is 404 g/mol. The van der Waals surface area contributed by atoms with E-state index >= 15 is 0 Å². The molecule has 1 saturated carbocycles. The molecule has 0 unspecified atom stereocenters. The van der Waals surface area contributed by atoms with Crippen LogP contribution in [0.4, 0.5) is 0 Å². The molecule has 6 heteroatoms. The molecule has 1 aromatic carbocycles. The standard InChI is InChI=1S/C26H34N2O4/c1-28-12-11-26-17-6-7-19(29)24(26)32-23-20(8-5-16(22(23)26)13-18(17)28)31-21(30)14-25(15-27)9-3-2-4-10-25/h5-8,17-19,24,29H,2-4,9-15,27H2,1H3/t17-,18+,19-,24-,26-/m0/s1. The van der Waals surface area contributed by atoms with Crippen molar-refractivity contribution in [2.24, 2.45) is 17.1 Å². The minimum absolute atomic E-state index is 0.135. The summed E-state index contributed by atoms with van der Waals surface area (Å²) in [7, 11) is 2.20. The molecule has 5 atom stereocenters. The summed E-state index contributed by atoms with van der Waals surface area (Å²) >= 11 is 0. The number of piperidine rings is 1. The zero-order valence-electron chi connectivity index (χ0n) is 18.9. The van der Waals surface area contributed by atoms with Crippen LogP contribution in [0.2, 0.25) is 0 Å². The number of esters is 1. The van der Waals surface area contributed by atoms with Crippen molar-refractivity contribution in [1.29, 1.82) is 0 Å². The number of nitrogens with two attached hydrogens (primary N) is 1. The Morgan fingerprint density at radius 2 is 2.06 bits per heavy atom. The predicted octanol–water partition coefficient (Wildman–Crippen LogP) is 2.70. The number of likely N-dealkylation sites (tertiary alicyclic amines) is 1. The summed E-state index contributed by atoms with van der Waals surface area (Å²) in [6.07, 6.45) is 10.8. The highest BCUT2D eigenvalue weighted by Gasteiger charge is 2.64. The summed E-state index contributed by atoms with van der Waals surface area (Å²) in [6.45, 7) is 1.50. The van der Waals surface area contributed by atoms with Gasteiger partial charge < -0.3 is 25.2 Å². The van der Waals surface area contributed by atoms with Crippen molar-refractivity contribution < 1.29 is 19.4 Å². The van der Waals surface area contributed by atoms with Gasteiger partial charge in [-0.25, -0.2) is 0 Å². The SMILES string of the molecule is CN1CC[C@]23c4c5ccc(OC(=O)CC6(CN)CCCCC6)c4O[C@H]2[C@@H](O)C=C[C@H]3[C@H]1C5. The van der Waals surface area contributed by atoms with Crippen LogP contribution in [0.25, 0.3) is 0 Å². The number of nitrogens with zero attached hydrogens (tertiary/aromatic N) is 1. The number of likely N-dealkylation sites (N-methyl/N-ethyl adjacent to an activating group) is 1. The Morgan fingerprint density at radius 3 is 2.84 bits per heavy atom. The average Bonchev–Trinajstić information content (AvgIpc) is 3.15. The van der Waals surface area contributed by atoms with Gasteiger partial charge in [-0.1, -0.05) is 37.5 Å². The Bertz CT molecular complexity index is 969. The first kappa shape index (κ1) is 20.7. The molecule has 3 aliphatic carbocycles. The van der Waals surface area contributed by atoms with Gasteiger partial charge in [0.2, 0.25) is 0 Å². The first-order valence-electron chi connectivity index (χ1n) is 12.3. The molecule has 2 heterocycles. The second-order valence-electron chi connectivity index (χ2n) is 10.8. The second kappa shape index (κ2) is 7.31. The molecule has 32 heavy (non-hydrogen) atoms. The van der Waals surface area contributed by atoms with Gasteiger partial charge in [0.1, 0.15) is 12.2 Å². The lowest BCUT2D eigenvalue weighted by atomic mass is 9.53.